The summed E-state index contributed by atoms with van der Waals surface area (Å²) in [6.45, 7) is 4.36. The molecular weight excluding hydrogens is 280 g/mol. The summed E-state index contributed by atoms with van der Waals surface area (Å²) in [4.78, 5) is 24.6. The van der Waals surface area contributed by atoms with E-state index in [4.69, 9.17) is 9.47 Å². The fourth-order valence-corrected chi connectivity index (χ4v) is 3.25. The summed E-state index contributed by atoms with van der Waals surface area (Å²) in [5, 5.41) is 0. The van der Waals surface area contributed by atoms with Crippen molar-refractivity contribution in [1.29, 1.82) is 0 Å². The van der Waals surface area contributed by atoms with E-state index in [-0.39, 0.29) is 23.8 Å². The molecule has 0 radical (unpaired) electrons. The zero-order valence-corrected chi connectivity index (χ0v) is 14.3. The van der Waals surface area contributed by atoms with Crippen LogP contribution >= 0.6 is 0 Å². The first kappa shape index (κ1) is 19.0. The largest absolute Gasteiger partial charge is 0.466 e. The maximum atomic E-state index is 12.3. The fraction of sp³-hybridized carbons (Fsp3) is 0.889. The highest BCUT2D eigenvalue weighted by Crippen LogP contribution is 2.28. The van der Waals surface area contributed by atoms with Crippen LogP contribution in [0.1, 0.15) is 78.1 Å². The van der Waals surface area contributed by atoms with Crippen LogP contribution in [0.2, 0.25) is 0 Å². The quantitative estimate of drug-likeness (QED) is 0.728. The summed E-state index contributed by atoms with van der Waals surface area (Å²) in [7, 11) is 0. The van der Waals surface area contributed by atoms with Crippen LogP contribution in [0.25, 0.3) is 0 Å². The van der Waals surface area contributed by atoms with Crippen LogP contribution in [0, 0.1) is 11.8 Å². The molecule has 2 atom stereocenters. The van der Waals surface area contributed by atoms with Crippen molar-refractivity contribution < 1.29 is 19.1 Å². The Labute approximate surface area is 134 Å². The highest BCUT2D eigenvalue weighted by atomic mass is 16.5. The number of ether oxygens (including phenoxy) is 2. The lowest BCUT2D eigenvalue weighted by Crippen LogP contribution is -2.33. The predicted octanol–water partition coefficient (Wildman–Crippen LogP) is 4.26. The van der Waals surface area contributed by atoms with Gasteiger partial charge in [0.2, 0.25) is 0 Å². The van der Waals surface area contributed by atoms with Gasteiger partial charge in [-0.25, -0.2) is 0 Å². The molecule has 4 nitrogen and oxygen atoms in total. The van der Waals surface area contributed by atoms with E-state index in [1.807, 2.05) is 13.8 Å². The van der Waals surface area contributed by atoms with Gasteiger partial charge in [0.05, 0.1) is 25.0 Å². The minimum absolute atomic E-state index is 0.224. The molecule has 0 spiro atoms. The van der Waals surface area contributed by atoms with Gasteiger partial charge in [-0.1, -0.05) is 51.4 Å². The predicted molar refractivity (Wildman–Crippen MR) is 86.4 cm³/mol. The summed E-state index contributed by atoms with van der Waals surface area (Å²) in [5.74, 6) is -1.12. The lowest BCUT2D eigenvalue weighted by Gasteiger charge is -2.24. The molecule has 0 heterocycles. The van der Waals surface area contributed by atoms with Crippen LogP contribution in [0.5, 0.6) is 0 Å². The van der Waals surface area contributed by atoms with E-state index in [1.54, 1.807) is 0 Å². The van der Waals surface area contributed by atoms with Gasteiger partial charge in [-0.2, -0.15) is 0 Å². The average molecular weight is 312 g/mol. The van der Waals surface area contributed by atoms with Gasteiger partial charge in [-0.15, -0.1) is 0 Å². The van der Waals surface area contributed by atoms with Crippen LogP contribution in [-0.2, 0) is 19.1 Å². The highest BCUT2D eigenvalue weighted by Gasteiger charge is 2.35. The molecule has 0 bridgehead atoms. The molecule has 0 N–H and O–H groups in total. The van der Waals surface area contributed by atoms with E-state index >= 15 is 0 Å². The number of esters is 2. The summed E-state index contributed by atoms with van der Waals surface area (Å²) < 4.78 is 10.4. The Balaban J connectivity index is 2.79. The molecule has 1 unspecified atom stereocenters. The number of hydrogen-bond acceptors (Lipinski definition) is 4. The van der Waals surface area contributed by atoms with E-state index < -0.39 is 0 Å². The minimum Gasteiger partial charge on any atom is -0.466 e. The molecule has 0 amide bonds. The van der Waals surface area contributed by atoms with Crippen molar-refractivity contribution in [3.63, 3.8) is 0 Å². The molecule has 0 aromatic carbocycles. The first-order chi connectivity index (χ1) is 10.7. The lowest BCUT2D eigenvalue weighted by atomic mass is 9.83. The summed E-state index contributed by atoms with van der Waals surface area (Å²) in [5.41, 5.74) is 0. The Morgan fingerprint density at radius 1 is 0.682 bits per heavy atom. The fourth-order valence-electron chi connectivity index (χ4n) is 3.25. The van der Waals surface area contributed by atoms with E-state index in [0.717, 1.165) is 38.5 Å². The summed E-state index contributed by atoms with van der Waals surface area (Å²) in [6.07, 6.45) is 10.7. The molecule has 1 aliphatic rings. The van der Waals surface area contributed by atoms with Crippen molar-refractivity contribution in [1.82, 2.24) is 0 Å². The Kier molecular flexibility index (Phi) is 9.93. The molecule has 0 aromatic heterocycles. The first-order valence-electron chi connectivity index (χ1n) is 9.04. The van der Waals surface area contributed by atoms with Crippen molar-refractivity contribution in [2.24, 2.45) is 11.8 Å². The van der Waals surface area contributed by atoms with E-state index in [2.05, 4.69) is 0 Å². The average Bonchev–Trinajstić information content (AvgIpc) is 2.48. The minimum atomic E-state index is -0.335. The van der Waals surface area contributed by atoms with Crippen molar-refractivity contribution >= 4 is 11.9 Å². The van der Waals surface area contributed by atoms with Crippen LogP contribution in [0.3, 0.4) is 0 Å². The van der Waals surface area contributed by atoms with Crippen molar-refractivity contribution in [3.05, 3.63) is 0 Å². The number of rotatable bonds is 4. The third kappa shape index (κ3) is 6.80. The standard InChI is InChI=1S/C18H32O4/c1-3-21-17(19)15-13-11-9-7-5-6-8-10-12-14-16(15)18(20)22-4-2/h15-16H,3-14H2,1-2H3/t15-,16?/m0/s1. The third-order valence-electron chi connectivity index (χ3n) is 4.44. The maximum absolute atomic E-state index is 12.3. The van der Waals surface area contributed by atoms with E-state index in [9.17, 15) is 9.59 Å². The molecule has 1 fully saturated rings. The summed E-state index contributed by atoms with van der Waals surface area (Å²) >= 11 is 0. The topological polar surface area (TPSA) is 52.6 Å². The normalized spacial score (nSPS) is 24.6. The molecule has 128 valence electrons. The Morgan fingerprint density at radius 2 is 1.00 bits per heavy atom. The van der Waals surface area contributed by atoms with Gasteiger partial charge in [-0.3, -0.25) is 9.59 Å². The molecule has 1 aliphatic carbocycles. The molecule has 1 rings (SSSR count). The Bertz CT molecular complexity index is 295. The van der Waals surface area contributed by atoms with Gasteiger partial charge < -0.3 is 9.47 Å². The molecule has 0 saturated heterocycles. The van der Waals surface area contributed by atoms with Crippen LogP contribution in [0.4, 0.5) is 0 Å². The molecule has 1 saturated carbocycles. The molecular formula is C18H32O4. The van der Waals surface area contributed by atoms with Crippen LogP contribution < -0.4 is 0 Å². The Hall–Kier alpha value is -1.06. The van der Waals surface area contributed by atoms with E-state index in [1.165, 1.54) is 25.7 Å². The van der Waals surface area contributed by atoms with E-state index in [0.29, 0.717) is 13.2 Å². The second kappa shape index (κ2) is 11.5. The van der Waals surface area contributed by atoms with Crippen LogP contribution in [-0.4, -0.2) is 25.2 Å². The Morgan fingerprint density at radius 3 is 1.32 bits per heavy atom. The lowest BCUT2D eigenvalue weighted by molar-refractivity contribution is -0.161. The summed E-state index contributed by atoms with van der Waals surface area (Å²) in [6, 6.07) is 0. The smallest absolute Gasteiger partial charge is 0.309 e. The molecule has 0 aromatic rings. The van der Waals surface area contributed by atoms with Crippen LogP contribution in [0.15, 0.2) is 0 Å². The second-order valence-electron chi connectivity index (χ2n) is 6.12. The van der Waals surface area contributed by atoms with Gasteiger partial charge in [0.25, 0.3) is 0 Å². The zero-order chi connectivity index (χ0) is 16.2. The number of carbonyl (C=O) groups is 2. The van der Waals surface area contributed by atoms with Gasteiger partial charge in [0.15, 0.2) is 0 Å². The molecule has 4 heteroatoms. The monoisotopic (exact) mass is 312 g/mol. The third-order valence-corrected chi connectivity index (χ3v) is 4.44. The van der Waals surface area contributed by atoms with Gasteiger partial charge in [0, 0.05) is 0 Å². The zero-order valence-electron chi connectivity index (χ0n) is 14.3. The van der Waals surface area contributed by atoms with Gasteiger partial charge >= 0.3 is 11.9 Å². The second-order valence-corrected chi connectivity index (χ2v) is 6.12. The van der Waals surface area contributed by atoms with Gasteiger partial charge in [0.1, 0.15) is 0 Å². The van der Waals surface area contributed by atoms with Crippen molar-refractivity contribution in [2.45, 2.75) is 78.1 Å². The highest BCUT2D eigenvalue weighted by molar-refractivity contribution is 5.82. The molecule has 0 aliphatic heterocycles. The number of carbonyl (C=O) groups excluding carboxylic acids is 2. The molecule has 22 heavy (non-hydrogen) atoms. The first-order valence-corrected chi connectivity index (χ1v) is 9.04. The maximum Gasteiger partial charge on any atom is 0.309 e. The van der Waals surface area contributed by atoms with Crippen molar-refractivity contribution in [3.8, 4) is 0 Å². The number of hydrogen-bond donors (Lipinski definition) is 0. The van der Waals surface area contributed by atoms with Gasteiger partial charge in [-0.05, 0) is 26.7 Å². The van der Waals surface area contributed by atoms with Crippen molar-refractivity contribution in [2.75, 3.05) is 13.2 Å². The SMILES string of the molecule is CCOC(=O)C1CCCCCCCCCC[C@@H]1C(=O)OCC.